The zero-order chi connectivity index (χ0) is 16.1. The van der Waals surface area contributed by atoms with Gasteiger partial charge in [-0.05, 0) is 55.3 Å². The molecule has 0 unspecified atom stereocenters. The predicted octanol–water partition coefficient (Wildman–Crippen LogP) is 2.99. The quantitative estimate of drug-likeness (QED) is 0.588. The summed E-state index contributed by atoms with van der Waals surface area (Å²) in [5.41, 5.74) is 3.78. The number of benzene rings is 2. The number of aromatic nitrogens is 2. The minimum absolute atomic E-state index is 0.128. The minimum atomic E-state index is -0.180. The molecule has 0 radical (unpaired) electrons. The number of rotatable bonds is 1. The third-order valence-electron chi connectivity index (χ3n) is 4.14. The van der Waals surface area contributed by atoms with Crippen LogP contribution in [0.15, 0.2) is 56.5 Å². The summed E-state index contributed by atoms with van der Waals surface area (Å²) in [6, 6.07) is 12.1. The lowest BCUT2D eigenvalue weighted by molar-refractivity contribution is 0.598. The first-order valence-electron chi connectivity index (χ1n) is 7.29. The van der Waals surface area contributed by atoms with Crippen LogP contribution < -0.4 is 11.0 Å². The minimum Gasteiger partial charge on any atom is -0.438 e. The van der Waals surface area contributed by atoms with Crippen molar-refractivity contribution in [3.05, 3.63) is 74.2 Å². The Morgan fingerprint density at radius 3 is 2.57 bits per heavy atom. The molecular formula is C18H14N2O3. The fourth-order valence-corrected chi connectivity index (χ4v) is 2.67. The topological polar surface area (TPSA) is 68.0 Å². The number of nitrogens with one attached hydrogen (secondary N) is 1. The van der Waals surface area contributed by atoms with E-state index in [9.17, 15) is 9.59 Å². The van der Waals surface area contributed by atoms with Gasteiger partial charge in [-0.3, -0.25) is 14.7 Å². The molecule has 1 N–H and O–H groups in total. The molecule has 5 nitrogen and oxygen atoms in total. The maximum atomic E-state index is 12.6. The molecular weight excluding hydrogens is 292 g/mol. The van der Waals surface area contributed by atoms with Crippen molar-refractivity contribution in [2.75, 3.05) is 0 Å². The molecule has 1 aliphatic heterocycles. The number of H-pyrrole nitrogens is 1. The summed E-state index contributed by atoms with van der Waals surface area (Å²) in [6.07, 6.45) is 0. The van der Waals surface area contributed by atoms with Crippen LogP contribution in [0, 0.1) is 13.8 Å². The van der Waals surface area contributed by atoms with Gasteiger partial charge in [-0.2, -0.15) is 0 Å². The molecule has 1 aromatic carbocycles. The Bertz CT molecular complexity index is 1130. The van der Waals surface area contributed by atoms with E-state index >= 15 is 0 Å². The van der Waals surface area contributed by atoms with Gasteiger partial charge in [0.15, 0.2) is 5.43 Å². The summed E-state index contributed by atoms with van der Waals surface area (Å²) in [6.45, 7) is 4.02. The summed E-state index contributed by atoms with van der Waals surface area (Å²) < 4.78 is 7.14. The maximum Gasteiger partial charge on any atom is 0.282 e. The number of aromatic amines is 1. The highest BCUT2D eigenvalue weighted by atomic mass is 16.3. The third-order valence-corrected chi connectivity index (χ3v) is 4.14. The average molecular weight is 306 g/mol. The summed E-state index contributed by atoms with van der Waals surface area (Å²) in [4.78, 5) is 24.1. The van der Waals surface area contributed by atoms with Crippen molar-refractivity contribution in [2.24, 2.45) is 0 Å². The molecule has 23 heavy (non-hydrogen) atoms. The Hall–Kier alpha value is -3.08. The van der Waals surface area contributed by atoms with E-state index in [0.29, 0.717) is 16.9 Å². The van der Waals surface area contributed by atoms with Crippen LogP contribution >= 0.6 is 0 Å². The number of aryl methyl sites for hydroxylation is 2. The first-order valence-corrected chi connectivity index (χ1v) is 7.29. The first kappa shape index (κ1) is 13.6. The summed E-state index contributed by atoms with van der Waals surface area (Å²) in [7, 11) is 0. The van der Waals surface area contributed by atoms with E-state index in [0.717, 1.165) is 22.4 Å². The van der Waals surface area contributed by atoms with Gasteiger partial charge in [-0.25, -0.2) is 4.68 Å². The highest BCUT2D eigenvalue weighted by Crippen LogP contribution is 2.24. The van der Waals surface area contributed by atoms with Crippen LogP contribution in [-0.4, -0.2) is 9.78 Å². The van der Waals surface area contributed by atoms with Crippen LogP contribution in [0.5, 0.6) is 0 Å². The SMILES string of the molecule is Cc1ccc(-n2[nH]c3oc4cc(=O)ccc-4cc3c2=O)cc1C. The van der Waals surface area contributed by atoms with Crippen molar-refractivity contribution in [1.29, 1.82) is 0 Å². The van der Waals surface area contributed by atoms with Crippen LogP contribution in [0.4, 0.5) is 0 Å². The van der Waals surface area contributed by atoms with Gasteiger partial charge in [0.25, 0.3) is 5.56 Å². The molecule has 1 aliphatic carbocycles. The Morgan fingerprint density at radius 1 is 0.957 bits per heavy atom. The second kappa shape index (κ2) is 4.71. The lowest BCUT2D eigenvalue weighted by atomic mass is 10.1. The highest BCUT2D eigenvalue weighted by molar-refractivity contribution is 5.80. The fourth-order valence-electron chi connectivity index (χ4n) is 2.67. The van der Waals surface area contributed by atoms with E-state index in [1.54, 1.807) is 12.1 Å². The summed E-state index contributed by atoms with van der Waals surface area (Å²) in [5, 5.41) is 3.43. The first-order chi connectivity index (χ1) is 11.0. The number of hydrogen-bond acceptors (Lipinski definition) is 3. The standard InChI is InChI=1S/C18H14N2O3/c1-10-3-5-13(7-11(10)2)20-18(22)15-8-12-4-6-14(21)9-16(12)23-17(15)19-20/h3-9,19H,1-2H3. The molecule has 0 saturated heterocycles. The van der Waals surface area contributed by atoms with Gasteiger partial charge in [0.05, 0.1) is 5.69 Å². The van der Waals surface area contributed by atoms with Gasteiger partial charge >= 0.3 is 0 Å². The van der Waals surface area contributed by atoms with Crippen molar-refractivity contribution in [3.63, 3.8) is 0 Å². The Kier molecular flexibility index (Phi) is 2.78. The van der Waals surface area contributed by atoms with Gasteiger partial charge in [0.1, 0.15) is 11.1 Å². The average Bonchev–Trinajstić information content (AvgIpc) is 2.84. The number of fused-ring (bicyclic) bond motifs is 2. The van der Waals surface area contributed by atoms with E-state index in [-0.39, 0.29) is 11.0 Å². The van der Waals surface area contributed by atoms with Gasteiger partial charge in [-0.15, -0.1) is 0 Å². The van der Waals surface area contributed by atoms with Crippen LogP contribution in [0.3, 0.4) is 0 Å². The monoisotopic (exact) mass is 306 g/mol. The number of hydrogen-bond donors (Lipinski definition) is 1. The van der Waals surface area contributed by atoms with E-state index in [2.05, 4.69) is 5.10 Å². The molecule has 2 aliphatic rings. The Labute approximate surface area is 131 Å². The summed E-state index contributed by atoms with van der Waals surface area (Å²) in [5.74, 6) is 0.457. The number of nitrogens with zero attached hydrogens (tertiary/aromatic N) is 1. The molecule has 0 bridgehead atoms. The van der Waals surface area contributed by atoms with Crippen LogP contribution in [-0.2, 0) is 0 Å². The molecule has 1 aromatic heterocycles. The molecule has 0 atom stereocenters. The van der Waals surface area contributed by atoms with E-state index in [1.807, 2.05) is 32.0 Å². The fraction of sp³-hybridized carbons (Fsp3) is 0.111. The smallest absolute Gasteiger partial charge is 0.282 e. The van der Waals surface area contributed by atoms with Crippen molar-refractivity contribution in [2.45, 2.75) is 13.8 Å². The second-order valence-corrected chi connectivity index (χ2v) is 5.71. The van der Waals surface area contributed by atoms with Crippen molar-refractivity contribution in [1.82, 2.24) is 9.78 Å². The highest BCUT2D eigenvalue weighted by Gasteiger charge is 2.15. The molecule has 114 valence electrons. The molecule has 0 fully saturated rings. The molecule has 0 amide bonds. The zero-order valence-corrected chi connectivity index (χ0v) is 12.7. The third kappa shape index (κ3) is 2.09. The van der Waals surface area contributed by atoms with Gasteiger partial charge in [-0.1, -0.05) is 6.07 Å². The molecule has 4 rings (SSSR count). The zero-order valence-electron chi connectivity index (χ0n) is 12.7. The van der Waals surface area contributed by atoms with Gasteiger partial charge in [0, 0.05) is 11.6 Å². The summed E-state index contributed by atoms with van der Waals surface area (Å²) >= 11 is 0. The lowest BCUT2D eigenvalue weighted by Crippen LogP contribution is -2.14. The van der Waals surface area contributed by atoms with Crippen LogP contribution in [0.1, 0.15) is 11.1 Å². The lowest BCUT2D eigenvalue weighted by Gasteiger charge is -2.04. The second-order valence-electron chi connectivity index (χ2n) is 5.71. The molecule has 5 heteroatoms. The van der Waals surface area contributed by atoms with Crippen molar-refractivity contribution < 1.29 is 4.42 Å². The van der Waals surface area contributed by atoms with Gasteiger partial charge < -0.3 is 4.42 Å². The van der Waals surface area contributed by atoms with Crippen molar-refractivity contribution in [3.8, 4) is 17.0 Å². The van der Waals surface area contributed by atoms with Crippen LogP contribution in [0.25, 0.3) is 28.1 Å². The Morgan fingerprint density at radius 2 is 1.78 bits per heavy atom. The van der Waals surface area contributed by atoms with E-state index in [1.165, 1.54) is 16.8 Å². The maximum absolute atomic E-state index is 12.6. The molecule has 2 aromatic rings. The molecule has 0 spiro atoms. The predicted molar refractivity (Wildman–Crippen MR) is 88.5 cm³/mol. The molecule has 2 heterocycles. The normalized spacial score (nSPS) is 11.4. The largest absolute Gasteiger partial charge is 0.438 e. The van der Waals surface area contributed by atoms with E-state index < -0.39 is 0 Å². The molecule has 0 saturated carbocycles. The van der Waals surface area contributed by atoms with Gasteiger partial charge in [0.2, 0.25) is 5.71 Å². The van der Waals surface area contributed by atoms with Crippen LogP contribution in [0.2, 0.25) is 0 Å². The van der Waals surface area contributed by atoms with Crippen molar-refractivity contribution >= 4 is 11.1 Å². The van der Waals surface area contributed by atoms with E-state index in [4.69, 9.17) is 4.42 Å². The Balaban J connectivity index is 2.02.